The molecule has 1 radical (unpaired) electrons. The second-order valence-corrected chi connectivity index (χ2v) is 2.55. The highest BCUT2D eigenvalue weighted by molar-refractivity contribution is 9.10. The van der Waals surface area contributed by atoms with E-state index in [-0.39, 0.29) is 0 Å². The first-order valence-corrected chi connectivity index (χ1v) is 3.81. The first-order valence-electron chi connectivity index (χ1n) is 2.52. The average molecular weight is 204 g/mol. The molecule has 0 spiro atoms. The van der Waals surface area contributed by atoms with Gasteiger partial charge in [0.2, 0.25) is 0 Å². The molecule has 0 aromatic heterocycles. The molecule has 0 aliphatic rings. The van der Waals surface area contributed by atoms with E-state index < -0.39 is 0 Å². The van der Waals surface area contributed by atoms with Crippen molar-refractivity contribution in [2.75, 3.05) is 0 Å². The topological polar surface area (TPSA) is 0 Å². The Morgan fingerprint density at radius 2 is 1.78 bits per heavy atom. The summed E-state index contributed by atoms with van der Waals surface area (Å²) in [7, 11) is 0. The molecule has 0 aliphatic heterocycles. The van der Waals surface area contributed by atoms with Crippen molar-refractivity contribution in [2.24, 2.45) is 0 Å². The van der Waals surface area contributed by atoms with Gasteiger partial charge in [0.05, 0.1) is 5.33 Å². The van der Waals surface area contributed by atoms with Crippen LogP contribution in [-0.2, 0) is 0 Å². The Bertz CT molecular complexity index is 181. The smallest absolute Gasteiger partial charge is 0.0561 e. The van der Waals surface area contributed by atoms with E-state index in [4.69, 9.17) is 11.6 Å². The van der Waals surface area contributed by atoms with Crippen LogP contribution in [0, 0.1) is 5.33 Å². The van der Waals surface area contributed by atoms with Crippen LogP contribution < -0.4 is 0 Å². The van der Waals surface area contributed by atoms with Crippen molar-refractivity contribution in [1.29, 1.82) is 0 Å². The molecule has 0 heterocycles. The van der Waals surface area contributed by atoms with Gasteiger partial charge in [0.15, 0.2) is 0 Å². The molecule has 0 N–H and O–H groups in total. The summed E-state index contributed by atoms with van der Waals surface area (Å²) in [6.07, 6.45) is 0. The van der Waals surface area contributed by atoms with Crippen LogP contribution in [0.5, 0.6) is 0 Å². The summed E-state index contributed by atoms with van der Waals surface area (Å²) in [6, 6.07) is 7.59. The van der Waals surface area contributed by atoms with Gasteiger partial charge in [0.25, 0.3) is 0 Å². The van der Waals surface area contributed by atoms with Crippen molar-refractivity contribution < 1.29 is 0 Å². The zero-order valence-corrected chi connectivity index (χ0v) is 6.98. The highest BCUT2D eigenvalue weighted by Gasteiger charge is 1.87. The predicted octanol–water partition coefficient (Wildman–Crippen LogP) is 3.24. The number of rotatable bonds is 1. The molecule has 2 heteroatoms. The SMILES string of the molecule is Clc1ccc([CH]Br)cc1. The van der Waals surface area contributed by atoms with Gasteiger partial charge in [0, 0.05) is 5.02 Å². The molecular formula is C7H5BrCl. The summed E-state index contributed by atoms with van der Waals surface area (Å²) in [4.78, 5) is 0. The first-order chi connectivity index (χ1) is 4.33. The van der Waals surface area contributed by atoms with Gasteiger partial charge in [-0.15, -0.1) is 0 Å². The summed E-state index contributed by atoms with van der Waals surface area (Å²) in [5.74, 6) is 0. The lowest BCUT2D eigenvalue weighted by Gasteiger charge is -1.91. The number of halogens is 2. The van der Waals surface area contributed by atoms with Gasteiger partial charge in [-0.3, -0.25) is 0 Å². The largest absolute Gasteiger partial charge is 0.0843 e. The van der Waals surface area contributed by atoms with E-state index in [1.165, 1.54) is 0 Å². The maximum atomic E-state index is 5.64. The zero-order valence-electron chi connectivity index (χ0n) is 4.64. The van der Waals surface area contributed by atoms with Crippen LogP contribution in [0.3, 0.4) is 0 Å². The molecule has 0 bridgehead atoms. The minimum atomic E-state index is 0.771. The molecule has 0 amide bonds. The molecule has 1 rings (SSSR count). The third kappa shape index (κ3) is 1.99. The van der Waals surface area contributed by atoms with Gasteiger partial charge in [-0.2, -0.15) is 0 Å². The maximum Gasteiger partial charge on any atom is 0.0561 e. The van der Waals surface area contributed by atoms with E-state index in [0.29, 0.717) is 0 Å². The minimum Gasteiger partial charge on any atom is -0.0843 e. The summed E-state index contributed by atoms with van der Waals surface area (Å²) in [5, 5.41) is 2.62. The Morgan fingerprint density at radius 1 is 1.22 bits per heavy atom. The molecule has 9 heavy (non-hydrogen) atoms. The van der Waals surface area contributed by atoms with E-state index in [9.17, 15) is 0 Å². The van der Waals surface area contributed by atoms with Crippen LogP contribution in [0.15, 0.2) is 24.3 Å². The fourth-order valence-corrected chi connectivity index (χ4v) is 0.967. The summed E-state index contributed by atoms with van der Waals surface area (Å²) < 4.78 is 0. The van der Waals surface area contributed by atoms with Crippen molar-refractivity contribution in [1.82, 2.24) is 0 Å². The van der Waals surface area contributed by atoms with E-state index in [0.717, 1.165) is 10.6 Å². The van der Waals surface area contributed by atoms with Crippen molar-refractivity contribution in [3.05, 3.63) is 40.2 Å². The van der Waals surface area contributed by atoms with E-state index in [2.05, 4.69) is 15.9 Å². The highest BCUT2D eigenvalue weighted by atomic mass is 79.9. The molecule has 0 atom stereocenters. The second-order valence-electron chi connectivity index (χ2n) is 1.66. The standard InChI is InChI=1S/C7H5BrCl/c8-5-6-1-3-7(9)4-2-6/h1-5H. The molecular weight excluding hydrogens is 199 g/mol. The quantitative estimate of drug-likeness (QED) is 0.659. The van der Waals surface area contributed by atoms with Crippen LogP contribution >= 0.6 is 27.5 Å². The fraction of sp³-hybridized carbons (Fsp3) is 0. The maximum absolute atomic E-state index is 5.64. The van der Waals surface area contributed by atoms with Crippen LogP contribution in [0.2, 0.25) is 5.02 Å². The molecule has 47 valence electrons. The third-order valence-electron chi connectivity index (χ3n) is 0.996. The average Bonchev–Trinajstić information content (AvgIpc) is 1.90. The summed E-state index contributed by atoms with van der Waals surface area (Å²) >= 11 is 8.85. The molecule has 0 aliphatic carbocycles. The van der Waals surface area contributed by atoms with E-state index in [1.54, 1.807) is 0 Å². The van der Waals surface area contributed by atoms with Gasteiger partial charge in [-0.05, 0) is 17.7 Å². The lowest BCUT2D eigenvalue weighted by atomic mass is 10.2. The molecule has 0 saturated carbocycles. The molecule has 1 aromatic rings. The lowest BCUT2D eigenvalue weighted by molar-refractivity contribution is 1.60. The summed E-state index contributed by atoms with van der Waals surface area (Å²) in [6.45, 7) is 0. The molecule has 1 aromatic carbocycles. The van der Waals surface area contributed by atoms with Gasteiger partial charge >= 0.3 is 0 Å². The summed E-state index contributed by atoms with van der Waals surface area (Å²) in [5.41, 5.74) is 1.12. The Labute approximate surface area is 68.0 Å². The Hall–Kier alpha value is -0.0100. The number of hydrogen-bond acceptors (Lipinski definition) is 0. The Morgan fingerprint density at radius 3 is 2.22 bits per heavy atom. The monoisotopic (exact) mass is 203 g/mol. The van der Waals surface area contributed by atoms with Crippen LogP contribution in [0.25, 0.3) is 0 Å². The van der Waals surface area contributed by atoms with E-state index in [1.807, 2.05) is 29.6 Å². The van der Waals surface area contributed by atoms with Gasteiger partial charge in [-0.1, -0.05) is 39.7 Å². The van der Waals surface area contributed by atoms with Gasteiger partial charge in [0.1, 0.15) is 0 Å². The normalized spacial score (nSPS) is 9.56. The molecule has 0 fully saturated rings. The molecule has 0 saturated heterocycles. The minimum absolute atomic E-state index is 0.771. The number of benzene rings is 1. The van der Waals surface area contributed by atoms with Gasteiger partial charge < -0.3 is 0 Å². The number of hydrogen-bond donors (Lipinski definition) is 0. The zero-order chi connectivity index (χ0) is 6.69. The molecule has 0 nitrogen and oxygen atoms in total. The van der Waals surface area contributed by atoms with Crippen molar-refractivity contribution in [2.45, 2.75) is 0 Å². The molecule has 0 unspecified atom stereocenters. The van der Waals surface area contributed by atoms with Crippen molar-refractivity contribution >= 4 is 27.5 Å². The van der Waals surface area contributed by atoms with Crippen molar-refractivity contribution in [3.8, 4) is 0 Å². The lowest BCUT2D eigenvalue weighted by Crippen LogP contribution is -1.70. The third-order valence-corrected chi connectivity index (χ3v) is 1.78. The fourth-order valence-electron chi connectivity index (χ4n) is 0.536. The van der Waals surface area contributed by atoms with Crippen LogP contribution in [0.4, 0.5) is 0 Å². The van der Waals surface area contributed by atoms with E-state index >= 15 is 0 Å². The second kappa shape index (κ2) is 3.23. The highest BCUT2D eigenvalue weighted by Crippen LogP contribution is 2.12. The Balaban J connectivity index is 2.88. The van der Waals surface area contributed by atoms with Gasteiger partial charge in [-0.25, -0.2) is 0 Å². The van der Waals surface area contributed by atoms with Crippen LogP contribution in [0.1, 0.15) is 5.56 Å². The van der Waals surface area contributed by atoms with Crippen LogP contribution in [-0.4, -0.2) is 0 Å². The first kappa shape index (κ1) is 7.10. The van der Waals surface area contributed by atoms with Crippen molar-refractivity contribution in [3.63, 3.8) is 0 Å². The Kier molecular flexibility index (Phi) is 2.55. The predicted molar refractivity (Wildman–Crippen MR) is 43.8 cm³/mol.